The predicted molar refractivity (Wildman–Crippen MR) is 116 cm³/mol. The third-order valence-corrected chi connectivity index (χ3v) is 5.30. The summed E-state index contributed by atoms with van der Waals surface area (Å²) in [5.41, 5.74) is 4.27. The third kappa shape index (κ3) is 5.94. The molecular weight excluding hydrogens is 360 g/mol. The van der Waals surface area contributed by atoms with Crippen LogP contribution in [0.2, 0.25) is 0 Å². The van der Waals surface area contributed by atoms with Crippen molar-refractivity contribution in [1.29, 1.82) is 5.26 Å². The lowest BCUT2D eigenvalue weighted by Gasteiger charge is -2.32. The summed E-state index contributed by atoms with van der Waals surface area (Å²) in [6, 6.07) is 18.6. The van der Waals surface area contributed by atoms with Crippen molar-refractivity contribution >= 4 is 11.6 Å². The molecule has 150 valence electrons. The van der Waals surface area contributed by atoms with Crippen LogP contribution in [0.5, 0.6) is 0 Å². The van der Waals surface area contributed by atoms with Crippen LogP contribution in [0.25, 0.3) is 0 Å². The maximum Gasteiger partial charge on any atom is 0.267 e. The van der Waals surface area contributed by atoms with E-state index < -0.39 is 0 Å². The number of piperidine rings is 1. The van der Waals surface area contributed by atoms with Crippen LogP contribution in [0.1, 0.15) is 29.5 Å². The summed E-state index contributed by atoms with van der Waals surface area (Å²) in [6.45, 7) is 6.91. The van der Waals surface area contributed by atoms with E-state index in [0.29, 0.717) is 0 Å². The Balaban J connectivity index is 1.50. The molecule has 5 nitrogen and oxygen atoms in total. The molecule has 3 rings (SSSR count). The second-order valence-corrected chi connectivity index (χ2v) is 7.65. The van der Waals surface area contributed by atoms with Crippen LogP contribution in [0.3, 0.4) is 0 Å². The molecule has 0 bridgehead atoms. The van der Waals surface area contributed by atoms with Gasteiger partial charge in [0.05, 0.1) is 0 Å². The van der Waals surface area contributed by atoms with Gasteiger partial charge < -0.3 is 10.6 Å². The third-order valence-electron chi connectivity index (χ3n) is 5.30. The summed E-state index contributed by atoms with van der Waals surface area (Å²) in [7, 11) is 0. The van der Waals surface area contributed by atoms with Crippen LogP contribution in [0.15, 0.2) is 60.3 Å². The fraction of sp³-hybridized carbons (Fsp3) is 0.333. The first kappa shape index (κ1) is 20.6. The van der Waals surface area contributed by atoms with Crippen LogP contribution in [0, 0.1) is 25.2 Å². The molecule has 2 N–H and O–H groups in total. The van der Waals surface area contributed by atoms with E-state index in [1.165, 1.54) is 5.56 Å². The van der Waals surface area contributed by atoms with Crippen molar-refractivity contribution in [1.82, 2.24) is 10.2 Å². The SMILES string of the molecule is Cc1ccc(NC(=O)/C(C#N)=C\NC2CCN(Cc3ccccc3)CC2)c(C)c1. The second-order valence-electron chi connectivity index (χ2n) is 7.65. The lowest BCUT2D eigenvalue weighted by molar-refractivity contribution is -0.112. The Labute approximate surface area is 173 Å². The molecule has 0 unspecified atom stereocenters. The highest BCUT2D eigenvalue weighted by molar-refractivity contribution is 6.06. The molecule has 5 heteroatoms. The number of nitrogens with zero attached hydrogens (tertiary/aromatic N) is 2. The summed E-state index contributed by atoms with van der Waals surface area (Å²) in [6.07, 6.45) is 3.54. The summed E-state index contributed by atoms with van der Waals surface area (Å²) in [5, 5.41) is 15.5. The van der Waals surface area contributed by atoms with Gasteiger partial charge >= 0.3 is 0 Å². The number of anilines is 1. The van der Waals surface area contributed by atoms with E-state index in [-0.39, 0.29) is 17.5 Å². The monoisotopic (exact) mass is 388 g/mol. The molecule has 1 amide bonds. The molecule has 1 heterocycles. The molecular formula is C24H28N4O. The first-order valence-corrected chi connectivity index (χ1v) is 10.1. The Kier molecular flexibility index (Phi) is 7.04. The lowest BCUT2D eigenvalue weighted by Crippen LogP contribution is -2.40. The average molecular weight is 389 g/mol. The number of carbonyl (C=O) groups excluding carboxylic acids is 1. The molecule has 29 heavy (non-hydrogen) atoms. The van der Waals surface area contributed by atoms with Gasteiger partial charge in [-0.3, -0.25) is 9.69 Å². The van der Waals surface area contributed by atoms with E-state index in [1.807, 2.05) is 44.2 Å². The van der Waals surface area contributed by atoms with Gasteiger partial charge in [-0.25, -0.2) is 0 Å². The molecule has 0 atom stereocenters. The minimum Gasteiger partial charge on any atom is -0.387 e. The number of hydrogen-bond donors (Lipinski definition) is 2. The van der Waals surface area contributed by atoms with Crippen LogP contribution in [0.4, 0.5) is 5.69 Å². The van der Waals surface area contributed by atoms with E-state index in [0.717, 1.165) is 49.3 Å². The maximum atomic E-state index is 12.5. The average Bonchev–Trinajstić information content (AvgIpc) is 2.72. The fourth-order valence-electron chi connectivity index (χ4n) is 3.59. The molecule has 0 aromatic heterocycles. The number of carbonyl (C=O) groups is 1. The van der Waals surface area contributed by atoms with Crippen molar-refractivity contribution in [3.05, 3.63) is 77.0 Å². The minimum atomic E-state index is -0.381. The van der Waals surface area contributed by atoms with Crippen molar-refractivity contribution in [3.8, 4) is 6.07 Å². The van der Waals surface area contributed by atoms with E-state index in [9.17, 15) is 10.1 Å². The molecule has 1 aliphatic rings. The summed E-state index contributed by atoms with van der Waals surface area (Å²) in [5.74, 6) is -0.381. The number of hydrogen-bond acceptors (Lipinski definition) is 4. The van der Waals surface area contributed by atoms with Crippen LogP contribution in [-0.4, -0.2) is 29.9 Å². The number of benzene rings is 2. The predicted octanol–water partition coefficient (Wildman–Crippen LogP) is 3.90. The topological polar surface area (TPSA) is 68.2 Å². The van der Waals surface area contributed by atoms with E-state index in [1.54, 1.807) is 6.20 Å². The van der Waals surface area contributed by atoms with Gasteiger partial charge in [-0.15, -0.1) is 0 Å². The number of nitriles is 1. The number of rotatable bonds is 6. The van der Waals surface area contributed by atoms with Gasteiger partial charge in [0.25, 0.3) is 5.91 Å². The summed E-state index contributed by atoms with van der Waals surface area (Å²) >= 11 is 0. The number of nitrogens with one attached hydrogen (secondary N) is 2. The van der Waals surface area contributed by atoms with E-state index in [2.05, 4.69) is 39.8 Å². The molecule has 1 saturated heterocycles. The van der Waals surface area contributed by atoms with E-state index in [4.69, 9.17) is 0 Å². The highest BCUT2D eigenvalue weighted by atomic mass is 16.1. The van der Waals surface area contributed by atoms with Crippen molar-refractivity contribution in [2.24, 2.45) is 0 Å². The Morgan fingerprint density at radius 2 is 1.90 bits per heavy atom. The first-order chi connectivity index (χ1) is 14.0. The zero-order chi connectivity index (χ0) is 20.6. The molecule has 2 aromatic rings. The maximum absolute atomic E-state index is 12.5. The van der Waals surface area contributed by atoms with Gasteiger partial charge in [0.15, 0.2) is 0 Å². The van der Waals surface area contributed by atoms with Crippen molar-refractivity contribution in [2.45, 2.75) is 39.3 Å². The van der Waals surface area contributed by atoms with Crippen molar-refractivity contribution < 1.29 is 4.79 Å². The van der Waals surface area contributed by atoms with Gasteiger partial charge in [-0.1, -0.05) is 48.0 Å². The normalized spacial score (nSPS) is 15.6. The van der Waals surface area contributed by atoms with Gasteiger partial charge in [0.2, 0.25) is 0 Å². The lowest BCUT2D eigenvalue weighted by atomic mass is 10.0. The number of likely N-dealkylation sites (tertiary alicyclic amines) is 1. The summed E-state index contributed by atoms with van der Waals surface area (Å²) < 4.78 is 0. The fourth-order valence-corrected chi connectivity index (χ4v) is 3.59. The van der Waals surface area contributed by atoms with Crippen molar-refractivity contribution in [3.63, 3.8) is 0 Å². The molecule has 0 radical (unpaired) electrons. The minimum absolute atomic E-state index is 0.0942. The van der Waals surface area contributed by atoms with E-state index >= 15 is 0 Å². The zero-order valence-electron chi connectivity index (χ0n) is 17.1. The summed E-state index contributed by atoms with van der Waals surface area (Å²) in [4.78, 5) is 14.9. The number of aryl methyl sites for hydroxylation is 2. The van der Waals surface area contributed by atoms with Gasteiger partial charge in [0.1, 0.15) is 11.6 Å². The Hall–Kier alpha value is -3.10. The highest BCUT2D eigenvalue weighted by Crippen LogP contribution is 2.17. The zero-order valence-corrected chi connectivity index (χ0v) is 17.1. The van der Waals surface area contributed by atoms with Crippen LogP contribution >= 0.6 is 0 Å². The Morgan fingerprint density at radius 1 is 1.17 bits per heavy atom. The Morgan fingerprint density at radius 3 is 2.55 bits per heavy atom. The molecule has 2 aromatic carbocycles. The largest absolute Gasteiger partial charge is 0.387 e. The molecule has 1 fully saturated rings. The molecule has 1 aliphatic heterocycles. The quantitative estimate of drug-likeness (QED) is 0.582. The van der Waals surface area contributed by atoms with Crippen LogP contribution in [-0.2, 0) is 11.3 Å². The second kappa shape index (κ2) is 9.90. The van der Waals surface area contributed by atoms with Gasteiger partial charge in [-0.05, 0) is 43.9 Å². The van der Waals surface area contributed by atoms with Gasteiger partial charge in [0, 0.05) is 37.6 Å². The standard InChI is InChI=1S/C24H28N4O/c1-18-8-9-23(19(2)14-18)27-24(29)21(15-25)16-26-22-10-12-28(13-11-22)17-20-6-4-3-5-7-20/h3-9,14,16,22,26H,10-13,17H2,1-2H3,(H,27,29)/b21-16-. The highest BCUT2D eigenvalue weighted by Gasteiger charge is 2.19. The number of amides is 1. The smallest absolute Gasteiger partial charge is 0.267 e. The molecule has 0 saturated carbocycles. The van der Waals surface area contributed by atoms with Crippen molar-refractivity contribution in [2.75, 3.05) is 18.4 Å². The molecule has 0 spiro atoms. The Bertz CT molecular complexity index is 906. The molecule has 0 aliphatic carbocycles. The van der Waals surface area contributed by atoms with Gasteiger partial charge in [-0.2, -0.15) is 5.26 Å². The van der Waals surface area contributed by atoms with Crippen LogP contribution < -0.4 is 10.6 Å². The first-order valence-electron chi connectivity index (χ1n) is 10.1.